The maximum Gasteiger partial charge on any atom is 0.343 e. The Morgan fingerprint density at radius 1 is 0.970 bits per heavy atom. The van der Waals surface area contributed by atoms with Gasteiger partial charge in [-0.3, -0.25) is 0 Å². The Kier molecular flexibility index (Phi) is 11.1. The average molecular weight is 644 g/mol. The highest BCUT2D eigenvalue weighted by Gasteiger charge is 2.16. The molecule has 0 saturated heterocycles. The van der Waals surface area contributed by atoms with E-state index in [4.69, 9.17) is 19.5 Å². The summed E-state index contributed by atoms with van der Waals surface area (Å²) in [5, 5.41) is 9.02. The maximum atomic E-state index is 12.6. The predicted octanol–water partition coefficient (Wildman–Crippen LogP) is 7.12. The van der Waals surface area contributed by atoms with Gasteiger partial charge in [-0.2, -0.15) is 5.26 Å². The van der Waals surface area contributed by atoms with Gasteiger partial charge in [-0.15, -0.1) is 0 Å². The van der Waals surface area contributed by atoms with Gasteiger partial charge in [0.15, 0.2) is 5.75 Å². The number of carbonyl (C=O) groups is 2. The van der Waals surface area contributed by atoms with Gasteiger partial charge < -0.3 is 14.2 Å². The molecule has 0 saturated carbocycles. The van der Waals surface area contributed by atoms with Crippen molar-refractivity contribution in [2.24, 2.45) is 0 Å². The van der Waals surface area contributed by atoms with Crippen LogP contribution in [-0.2, 0) is 9.53 Å². The van der Waals surface area contributed by atoms with E-state index in [9.17, 15) is 9.59 Å². The molecule has 33 heavy (non-hydrogen) atoms. The van der Waals surface area contributed by atoms with Crippen LogP contribution in [0.3, 0.4) is 0 Å². The number of carbonyl (C=O) groups excluding carboxylic acids is 2. The third-order valence-electron chi connectivity index (χ3n) is 4.37. The first-order valence-corrected chi connectivity index (χ1v) is 12.5. The zero-order chi connectivity index (χ0) is 24.4. The van der Waals surface area contributed by atoms with E-state index in [0.29, 0.717) is 54.8 Å². The standard InChI is InChI=1S/C24H22Br3NO5/c1-15(2)23(29)32-10-6-4-3-5-9-31-21-8-7-17(13-18(21)25)24(30)33-22-19(26)11-16(14-28)12-20(22)27/h7-8,11-13H,1,3-6,9-10H2,2H3. The Bertz CT molecular complexity index is 1060. The van der Waals surface area contributed by atoms with E-state index in [1.165, 1.54) is 0 Å². The lowest BCUT2D eigenvalue weighted by Gasteiger charge is -2.11. The number of halogens is 3. The number of hydrogen-bond donors (Lipinski definition) is 0. The van der Waals surface area contributed by atoms with Crippen LogP contribution in [0.2, 0.25) is 0 Å². The second-order valence-electron chi connectivity index (χ2n) is 7.09. The molecule has 9 heteroatoms. The Hall–Kier alpha value is -2.15. The first kappa shape index (κ1) is 27.1. The van der Waals surface area contributed by atoms with Gasteiger partial charge in [0.1, 0.15) is 5.75 Å². The van der Waals surface area contributed by atoms with Crippen LogP contribution in [0.15, 0.2) is 55.9 Å². The molecule has 0 aliphatic heterocycles. The van der Waals surface area contributed by atoms with Gasteiger partial charge in [-0.05, 0) is 111 Å². The molecule has 0 atom stereocenters. The van der Waals surface area contributed by atoms with E-state index < -0.39 is 5.97 Å². The average Bonchev–Trinajstić information content (AvgIpc) is 2.78. The summed E-state index contributed by atoms with van der Waals surface area (Å²) < 4.78 is 18.0. The van der Waals surface area contributed by atoms with Crippen molar-refractivity contribution >= 4 is 59.7 Å². The summed E-state index contributed by atoms with van der Waals surface area (Å²) in [7, 11) is 0. The van der Waals surface area contributed by atoms with Crippen molar-refractivity contribution in [3.63, 3.8) is 0 Å². The largest absolute Gasteiger partial charge is 0.492 e. The minimum atomic E-state index is -0.541. The highest BCUT2D eigenvalue weighted by Crippen LogP contribution is 2.35. The van der Waals surface area contributed by atoms with Gasteiger partial charge in [0, 0.05) is 5.57 Å². The summed E-state index contributed by atoms with van der Waals surface area (Å²) in [6.45, 7) is 6.09. The van der Waals surface area contributed by atoms with Crippen LogP contribution >= 0.6 is 47.8 Å². The first-order chi connectivity index (χ1) is 15.7. The zero-order valence-electron chi connectivity index (χ0n) is 18.0. The molecule has 2 rings (SSSR count). The fraction of sp³-hybridized carbons (Fsp3) is 0.292. The van der Waals surface area contributed by atoms with Crippen molar-refractivity contribution < 1.29 is 23.8 Å². The van der Waals surface area contributed by atoms with Crippen LogP contribution in [0.25, 0.3) is 0 Å². The monoisotopic (exact) mass is 641 g/mol. The normalized spacial score (nSPS) is 10.3. The van der Waals surface area contributed by atoms with E-state index >= 15 is 0 Å². The molecule has 0 unspecified atom stereocenters. The smallest absolute Gasteiger partial charge is 0.343 e. The van der Waals surface area contributed by atoms with Gasteiger partial charge >= 0.3 is 11.9 Å². The van der Waals surface area contributed by atoms with Crippen molar-refractivity contribution in [3.8, 4) is 17.6 Å². The number of rotatable bonds is 11. The molecule has 0 N–H and O–H groups in total. The lowest BCUT2D eigenvalue weighted by molar-refractivity contribution is -0.139. The van der Waals surface area contributed by atoms with Gasteiger partial charge in [0.2, 0.25) is 0 Å². The predicted molar refractivity (Wildman–Crippen MR) is 135 cm³/mol. The summed E-state index contributed by atoms with van der Waals surface area (Å²) >= 11 is 10.1. The SMILES string of the molecule is C=C(C)C(=O)OCCCCCCOc1ccc(C(=O)Oc2c(Br)cc(C#N)cc2Br)cc1Br. The molecule has 0 aliphatic rings. The summed E-state index contributed by atoms with van der Waals surface area (Å²) in [5.74, 6) is 0.0286. The van der Waals surface area contributed by atoms with E-state index in [1.807, 2.05) is 6.07 Å². The van der Waals surface area contributed by atoms with Crippen molar-refractivity contribution in [1.82, 2.24) is 0 Å². The highest BCUT2D eigenvalue weighted by atomic mass is 79.9. The van der Waals surface area contributed by atoms with Crippen LogP contribution in [-0.4, -0.2) is 25.2 Å². The number of ether oxygens (including phenoxy) is 3. The molecule has 0 spiro atoms. The molecule has 0 heterocycles. The summed E-state index contributed by atoms with van der Waals surface area (Å²) in [6.07, 6.45) is 3.52. The Labute approximate surface area is 218 Å². The molecular weight excluding hydrogens is 622 g/mol. The first-order valence-electron chi connectivity index (χ1n) is 10.1. The minimum absolute atomic E-state index is 0.296. The Morgan fingerprint density at radius 3 is 2.18 bits per heavy atom. The number of unbranched alkanes of at least 4 members (excludes halogenated alkanes) is 3. The van der Waals surface area contributed by atoms with Crippen LogP contribution in [0.4, 0.5) is 0 Å². The van der Waals surface area contributed by atoms with Crippen LogP contribution in [0, 0.1) is 11.3 Å². The van der Waals surface area contributed by atoms with Crippen molar-refractivity contribution in [3.05, 3.63) is 67.0 Å². The van der Waals surface area contributed by atoms with Crippen LogP contribution in [0.5, 0.6) is 11.5 Å². The van der Waals surface area contributed by atoms with Crippen LogP contribution < -0.4 is 9.47 Å². The fourth-order valence-electron chi connectivity index (χ4n) is 2.65. The molecule has 0 bridgehead atoms. The van der Waals surface area contributed by atoms with E-state index in [-0.39, 0.29) is 5.97 Å². The molecule has 0 aliphatic carbocycles. The number of benzene rings is 2. The van der Waals surface area contributed by atoms with E-state index in [2.05, 4.69) is 54.4 Å². The molecule has 0 amide bonds. The summed E-state index contributed by atoms with van der Waals surface area (Å²) in [6, 6.07) is 10.2. The third-order valence-corrected chi connectivity index (χ3v) is 6.17. The number of nitrogens with zero attached hydrogens (tertiary/aromatic N) is 1. The lowest BCUT2D eigenvalue weighted by atomic mass is 10.2. The molecule has 0 aromatic heterocycles. The van der Waals surface area contributed by atoms with Crippen molar-refractivity contribution in [1.29, 1.82) is 5.26 Å². The third kappa shape index (κ3) is 8.61. The molecule has 0 fully saturated rings. The summed E-state index contributed by atoms with van der Waals surface area (Å²) in [5.41, 5.74) is 1.19. The topological polar surface area (TPSA) is 85.6 Å². The second kappa shape index (κ2) is 13.5. The Balaban J connectivity index is 1.80. The second-order valence-corrected chi connectivity index (χ2v) is 9.66. The number of hydrogen-bond acceptors (Lipinski definition) is 6. The summed E-state index contributed by atoms with van der Waals surface area (Å²) in [4.78, 5) is 23.9. The van der Waals surface area contributed by atoms with Crippen molar-refractivity contribution in [2.45, 2.75) is 32.6 Å². The van der Waals surface area contributed by atoms with Gasteiger partial charge in [0.05, 0.1) is 43.8 Å². The zero-order valence-corrected chi connectivity index (χ0v) is 22.7. The molecule has 2 aromatic carbocycles. The maximum absolute atomic E-state index is 12.6. The van der Waals surface area contributed by atoms with Gasteiger partial charge in [-0.25, -0.2) is 9.59 Å². The van der Waals surface area contributed by atoms with Crippen LogP contribution in [0.1, 0.15) is 48.5 Å². The lowest BCUT2D eigenvalue weighted by Crippen LogP contribution is -2.10. The highest BCUT2D eigenvalue weighted by molar-refractivity contribution is 9.11. The van der Waals surface area contributed by atoms with E-state index in [0.717, 1.165) is 25.7 Å². The Morgan fingerprint density at radius 2 is 1.61 bits per heavy atom. The molecular formula is C24H22Br3NO5. The quantitative estimate of drug-likeness (QED) is 0.112. The molecule has 0 radical (unpaired) electrons. The minimum Gasteiger partial charge on any atom is -0.492 e. The fourth-order valence-corrected chi connectivity index (χ4v) is 4.49. The van der Waals surface area contributed by atoms with E-state index in [1.54, 1.807) is 37.3 Å². The molecule has 174 valence electrons. The van der Waals surface area contributed by atoms with Crippen molar-refractivity contribution in [2.75, 3.05) is 13.2 Å². The molecule has 2 aromatic rings. The molecule has 6 nitrogen and oxygen atoms in total. The van der Waals surface area contributed by atoms with Gasteiger partial charge in [-0.1, -0.05) is 6.58 Å². The number of esters is 2. The number of nitriles is 1. The van der Waals surface area contributed by atoms with Gasteiger partial charge in [0.25, 0.3) is 0 Å².